The van der Waals surface area contributed by atoms with Gasteiger partial charge in [-0.2, -0.15) is 10.2 Å². The molecule has 0 spiro atoms. The molecule has 29 heavy (non-hydrogen) atoms. The fourth-order valence-corrected chi connectivity index (χ4v) is 2.20. The Hall–Kier alpha value is -3.34. The van der Waals surface area contributed by atoms with Crippen LogP contribution in [0.4, 0.5) is 17.1 Å². The number of rotatable bonds is 9. The highest BCUT2D eigenvalue weighted by atomic mass is 16.1. The predicted octanol–water partition coefficient (Wildman–Crippen LogP) is 6.23. The third kappa shape index (κ3) is 8.05. The van der Waals surface area contributed by atoms with Crippen LogP contribution in [0.25, 0.3) is 0 Å². The van der Waals surface area contributed by atoms with E-state index in [0.29, 0.717) is 16.8 Å². The Morgan fingerprint density at radius 3 is 1.59 bits per heavy atom. The van der Waals surface area contributed by atoms with Crippen LogP contribution >= 0.6 is 0 Å². The summed E-state index contributed by atoms with van der Waals surface area (Å²) in [7, 11) is 0. The average molecular weight is 392 g/mol. The van der Waals surface area contributed by atoms with E-state index in [2.05, 4.69) is 23.4 Å². The first kappa shape index (κ1) is 23.7. The molecule has 0 radical (unpaired) electrons. The summed E-state index contributed by atoms with van der Waals surface area (Å²) in [4.78, 5) is 25.9. The van der Waals surface area contributed by atoms with Crippen LogP contribution in [-0.4, -0.2) is 24.7 Å². The molecule has 0 saturated heterocycles. The van der Waals surface area contributed by atoms with Crippen LogP contribution in [0.1, 0.15) is 27.7 Å². The van der Waals surface area contributed by atoms with Gasteiger partial charge in [0.15, 0.2) is 11.6 Å². The van der Waals surface area contributed by atoms with Gasteiger partial charge in [-0.25, -0.2) is 0 Å². The van der Waals surface area contributed by atoms with E-state index >= 15 is 0 Å². The fourth-order valence-electron chi connectivity index (χ4n) is 2.20. The van der Waals surface area contributed by atoms with E-state index in [0.717, 1.165) is 11.4 Å². The summed E-state index contributed by atoms with van der Waals surface area (Å²) < 4.78 is 0. The summed E-state index contributed by atoms with van der Waals surface area (Å²) in [6, 6.07) is 16.7. The van der Waals surface area contributed by atoms with Gasteiger partial charge in [0.1, 0.15) is 0 Å². The van der Waals surface area contributed by atoms with E-state index in [1.165, 1.54) is 0 Å². The maximum absolute atomic E-state index is 12.1. The topological polar surface area (TPSA) is 62.1 Å². The second-order valence-electron chi connectivity index (χ2n) is 6.32. The van der Waals surface area contributed by atoms with E-state index in [9.17, 15) is 9.59 Å². The molecule has 0 aliphatic rings. The van der Waals surface area contributed by atoms with Gasteiger partial charge in [-0.1, -0.05) is 45.2 Å². The molecule has 5 nitrogen and oxygen atoms in total. The molecule has 0 N–H and O–H groups in total. The number of carbonyl (C=O) groups is 2. The van der Waals surface area contributed by atoms with Crippen molar-refractivity contribution in [3.8, 4) is 0 Å². The van der Waals surface area contributed by atoms with Gasteiger partial charge in [-0.3, -0.25) is 9.59 Å². The van der Waals surface area contributed by atoms with Crippen LogP contribution in [0.15, 0.2) is 89.1 Å². The number of nitrogens with zero attached hydrogens (tertiary/aromatic N) is 3. The van der Waals surface area contributed by atoms with Crippen molar-refractivity contribution in [1.29, 1.82) is 0 Å². The van der Waals surface area contributed by atoms with E-state index in [-0.39, 0.29) is 24.7 Å². The molecule has 0 saturated carbocycles. The summed E-state index contributed by atoms with van der Waals surface area (Å²) in [6.45, 7) is 14.8. The first-order chi connectivity index (χ1) is 13.9. The molecule has 0 fully saturated rings. The molecule has 2 aromatic carbocycles. The third-order valence-corrected chi connectivity index (χ3v) is 3.87. The van der Waals surface area contributed by atoms with Crippen LogP contribution in [0, 0.1) is 0 Å². The lowest BCUT2D eigenvalue weighted by Gasteiger charge is -2.23. The van der Waals surface area contributed by atoms with Crippen molar-refractivity contribution in [2.45, 2.75) is 27.7 Å². The minimum Gasteiger partial charge on any atom is -0.356 e. The first-order valence-corrected chi connectivity index (χ1v) is 9.56. The Labute approximate surface area is 173 Å². The van der Waals surface area contributed by atoms with Gasteiger partial charge in [0.2, 0.25) is 0 Å². The van der Waals surface area contributed by atoms with Gasteiger partial charge in [-0.15, -0.1) is 0 Å². The lowest BCUT2D eigenvalue weighted by molar-refractivity contribution is -0.115. The molecular formula is C24H29N3O2. The average Bonchev–Trinajstić information content (AvgIpc) is 2.74. The number of anilines is 1. The van der Waals surface area contributed by atoms with Crippen LogP contribution < -0.4 is 4.90 Å². The largest absolute Gasteiger partial charge is 0.356 e. The van der Waals surface area contributed by atoms with E-state index < -0.39 is 0 Å². The molecule has 2 aromatic rings. The Bertz CT molecular complexity index is 841. The maximum atomic E-state index is 12.1. The molecule has 0 aromatic heterocycles. The Kier molecular flexibility index (Phi) is 9.96. The van der Waals surface area contributed by atoms with Crippen molar-refractivity contribution in [2.24, 2.45) is 10.2 Å². The molecule has 0 atom stereocenters. The molecular weight excluding hydrogens is 362 g/mol. The fraction of sp³-hybridized carbons (Fsp3) is 0.250. The van der Waals surface area contributed by atoms with Gasteiger partial charge in [-0.05, 0) is 61.4 Å². The number of benzene rings is 2. The standard InChI is InChI=1S/C22H23N3O2.C2H6/c1-16(2)21(26)14-25(15-22(27)17(3)4)20-12-10-19(11-13-20)24-23-18-8-6-5-7-9-18;1-2/h5-13H,1,3,14-15H2,2,4H3;1-2H3. The van der Waals surface area contributed by atoms with E-state index in [4.69, 9.17) is 0 Å². The molecule has 0 bridgehead atoms. The zero-order valence-electron chi connectivity index (χ0n) is 17.7. The van der Waals surface area contributed by atoms with E-state index in [1.54, 1.807) is 30.9 Å². The quantitative estimate of drug-likeness (QED) is 0.376. The van der Waals surface area contributed by atoms with Crippen molar-refractivity contribution in [3.63, 3.8) is 0 Å². The zero-order chi connectivity index (χ0) is 21.8. The smallest absolute Gasteiger partial charge is 0.177 e. The Morgan fingerprint density at radius 1 is 0.759 bits per heavy atom. The minimum absolute atomic E-state index is 0.0826. The second kappa shape index (κ2) is 12.2. The predicted molar refractivity (Wildman–Crippen MR) is 120 cm³/mol. The summed E-state index contributed by atoms with van der Waals surface area (Å²) in [6.07, 6.45) is 0. The van der Waals surface area contributed by atoms with Gasteiger partial charge in [0, 0.05) is 5.69 Å². The molecule has 0 unspecified atom stereocenters. The monoisotopic (exact) mass is 391 g/mol. The van der Waals surface area contributed by atoms with Gasteiger partial charge < -0.3 is 4.90 Å². The van der Waals surface area contributed by atoms with Crippen molar-refractivity contribution in [3.05, 3.63) is 78.9 Å². The number of hydrogen-bond acceptors (Lipinski definition) is 5. The second-order valence-corrected chi connectivity index (χ2v) is 6.32. The van der Waals surface area contributed by atoms with Gasteiger partial charge >= 0.3 is 0 Å². The lowest BCUT2D eigenvalue weighted by Crippen LogP contribution is -2.35. The first-order valence-electron chi connectivity index (χ1n) is 9.56. The molecule has 0 heterocycles. The number of hydrogen-bond donors (Lipinski definition) is 0. The molecule has 2 rings (SSSR count). The van der Waals surface area contributed by atoms with E-state index in [1.807, 2.05) is 56.3 Å². The highest BCUT2D eigenvalue weighted by Gasteiger charge is 2.16. The Morgan fingerprint density at radius 2 is 1.17 bits per heavy atom. The number of ketones is 2. The van der Waals surface area contributed by atoms with Crippen LogP contribution in [0.5, 0.6) is 0 Å². The van der Waals surface area contributed by atoms with Gasteiger partial charge in [0.05, 0.1) is 24.5 Å². The normalized spacial score (nSPS) is 10.1. The summed E-state index contributed by atoms with van der Waals surface area (Å²) >= 11 is 0. The number of Topliss-reactive ketones (excluding diaryl/α,β-unsaturated/α-hetero) is 2. The van der Waals surface area contributed by atoms with Crippen LogP contribution in [-0.2, 0) is 9.59 Å². The SMILES string of the molecule is C=C(C)C(=O)CN(CC(=O)C(=C)C)c1ccc(N=Nc2ccccc2)cc1.CC. The third-order valence-electron chi connectivity index (χ3n) is 3.87. The molecule has 0 aliphatic carbocycles. The van der Waals surface area contributed by atoms with Crippen molar-refractivity contribution >= 4 is 28.6 Å². The highest BCUT2D eigenvalue weighted by molar-refractivity contribution is 6.01. The van der Waals surface area contributed by atoms with Crippen molar-refractivity contribution in [1.82, 2.24) is 0 Å². The zero-order valence-corrected chi connectivity index (χ0v) is 17.7. The molecule has 5 heteroatoms. The maximum Gasteiger partial charge on any atom is 0.177 e. The molecule has 152 valence electrons. The number of carbonyl (C=O) groups excluding carboxylic acids is 2. The molecule has 0 amide bonds. The van der Waals surface area contributed by atoms with Crippen molar-refractivity contribution in [2.75, 3.05) is 18.0 Å². The summed E-state index contributed by atoms with van der Waals surface area (Å²) in [5, 5.41) is 8.37. The van der Waals surface area contributed by atoms with Crippen LogP contribution in [0.3, 0.4) is 0 Å². The molecule has 0 aliphatic heterocycles. The Balaban J connectivity index is 0.00000204. The highest BCUT2D eigenvalue weighted by Crippen LogP contribution is 2.22. The number of azo groups is 1. The summed E-state index contributed by atoms with van der Waals surface area (Å²) in [5.41, 5.74) is 3.10. The van der Waals surface area contributed by atoms with Gasteiger partial charge in [0.25, 0.3) is 0 Å². The minimum atomic E-state index is -0.114. The summed E-state index contributed by atoms with van der Waals surface area (Å²) in [5.74, 6) is -0.227. The van der Waals surface area contributed by atoms with Crippen LogP contribution in [0.2, 0.25) is 0 Å². The lowest BCUT2D eigenvalue weighted by atomic mass is 10.1. The van der Waals surface area contributed by atoms with Crippen molar-refractivity contribution < 1.29 is 9.59 Å².